The standard InChI is InChI=1S/C15H24N2O/c1-12(13-10-16-11-13)14(18)17-8-6-15(7-9-17)4-2-3-5-15/h16H,2-11H2,1H3. The van der Waals surface area contributed by atoms with Gasteiger partial charge in [0.05, 0.1) is 0 Å². The van der Waals surface area contributed by atoms with Gasteiger partial charge in [0, 0.05) is 31.8 Å². The SMILES string of the molecule is CC(C(=O)N1CCC2(CCCC2)CC1)=C1CNC1. The lowest BCUT2D eigenvalue weighted by Crippen LogP contribution is -2.44. The molecule has 1 amide bonds. The van der Waals surface area contributed by atoms with Crippen molar-refractivity contribution in [3.8, 4) is 0 Å². The van der Waals surface area contributed by atoms with Crippen molar-refractivity contribution in [3.05, 3.63) is 11.1 Å². The number of rotatable bonds is 1. The average molecular weight is 248 g/mol. The molecule has 2 heterocycles. The fourth-order valence-corrected chi connectivity index (χ4v) is 3.71. The summed E-state index contributed by atoms with van der Waals surface area (Å²) in [5.74, 6) is 0.291. The number of hydrogen-bond acceptors (Lipinski definition) is 2. The molecule has 0 unspecified atom stereocenters. The zero-order chi connectivity index (χ0) is 12.6. The van der Waals surface area contributed by atoms with Crippen LogP contribution in [0, 0.1) is 5.41 Å². The first kappa shape index (κ1) is 12.2. The first-order valence-corrected chi connectivity index (χ1v) is 7.39. The molecule has 0 aromatic carbocycles. The summed E-state index contributed by atoms with van der Waals surface area (Å²) in [6.45, 7) is 5.79. The Labute approximate surface area is 110 Å². The molecule has 0 bridgehead atoms. The molecule has 3 aliphatic rings. The second kappa shape index (κ2) is 4.69. The lowest BCUT2D eigenvalue weighted by atomic mass is 9.77. The molecule has 1 N–H and O–H groups in total. The first-order valence-electron chi connectivity index (χ1n) is 7.39. The molecular weight excluding hydrogens is 224 g/mol. The molecule has 1 spiro atoms. The molecule has 2 aliphatic heterocycles. The molecule has 0 atom stereocenters. The minimum atomic E-state index is 0.291. The highest BCUT2D eigenvalue weighted by molar-refractivity contribution is 5.94. The van der Waals surface area contributed by atoms with Gasteiger partial charge in [0.1, 0.15) is 0 Å². The van der Waals surface area contributed by atoms with E-state index in [1.165, 1.54) is 44.1 Å². The molecule has 0 aromatic rings. The first-order chi connectivity index (χ1) is 8.70. The third-order valence-electron chi connectivity index (χ3n) is 5.30. The van der Waals surface area contributed by atoms with Gasteiger partial charge >= 0.3 is 0 Å². The monoisotopic (exact) mass is 248 g/mol. The quantitative estimate of drug-likeness (QED) is 0.721. The second-order valence-corrected chi connectivity index (χ2v) is 6.33. The number of hydrogen-bond donors (Lipinski definition) is 1. The molecule has 2 saturated heterocycles. The van der Waals surface area contributed by atoms with E-state index < -0.39 is 0 Å². The van der Waals surface area contributed by atoms with E-state index in [4.69, 9.17) is 0 Å². The van der Waals surface area contributed by atoms with Crippen LogP contribution in [0.4, 0.5) is 0 Å². The van der Waals surface area contributed by atoms with Crippen LogP contribution >= 0.6 is 0 Å². The summed E-state index contributed by atoms with van der Waals surface area (Å²) in [6.07, 6.45) is 8.09. The smallest absolute Gasteiger partial charge is 0.249 e. The van der Waals surface area contributed by atoms with Gasteiger partial charge in [0.15, 0.2) is 0 Å². The molecule has 3 heteroatoms. The zero-order valence-electron chi connectivity index (χ0n) is 11.4. The van der Waals surface area contributed by atoms with Gasteiger partial charge in [-0.15, -0.1) is 0 Å². The van der Waals surface area contributed by atoms with Crippen LogP contribution in [0.5, 0.6) is 0 Å². The molecule has 1 aliphatic carbocycles. The maximum absolute atomic E-state index is 12.4. The Balaban J connectivity index is 1.60. The van der Waals surface area contributed by atoms with Crippen molar-refractivity contribution in [1.29, 1.82) is 0 Å². The number of nitrogens with zero attached hydrogens (tertiary/aromatic N) is 1. The van der Waals surface area contributed by atoms with Crippen LogP contribution in [0.15, 0.2) is 11.1 Å². The van der Waals surface area contributed by atoms with Crippen LogP contribution in [0.1, 0.15) is 45.4 Å². The Morgan fingerprint density at radius 2 is 1.72 bits per heavy atom. The lowest BCUT2D eigenvalue weighted by molar-refractivity contribution is -0.129. The van der Waals surface area contributed by atoms with Gasteiger partial charge in [0.2, 0.25) is 5.91 Å². The molecule has 0 radical (unpaired) electrons. The Kier molecular flexibility index (Phi) is 3.18. The van der Waals surface area contributed by atoms with Gasteiger partial charge in [-0.25, -0.2) is 0 Å². The molecule has 3 rings (SSSR count). The van der Waals surface area contributed by atoms with E-state index in [1.54, 1.807) is 0 Å². The normalized spacial score (nSPS) is 26.3. The number of amides is 1. The fourth-order valence-electron chi connectivity index (χ4n) is 3.71. The van der Waals surface area contributed by atoms with Crippen LogP contribution in [0.25, 0.3) is 0 Å². The predicted octanol–water partition coefficient (Wildman–Crippen LogP) is 2.09. The minimum Gasteiger partial charge on any atom is -0.339 e. The van der Waals surface area contributed by atoms with Gasteiger partial charge in [-0.2, -0.15) is 0 Å². The van der Waals surface area contributed by atoms with Gasteiger partial charge in [-0.1, -0.05) is 12.8 Å². The maximum Gasteiger partial charge on any atom is 0.249 e. The summed E-state index contributed by atoms with van der Waals surface area (Å²) in [6, 6.07) is 0. The molecular formula is C15H24N2O. The molecule has 3 fully saturated rings. The lowest BCUT2D eigenvalue weighted by Gasteiger charge is -2.40. The molecule has 0 aromatic heterocycles. The number of carbonyl (C=O) groups is 1. The average Bonchev–Trinajstić information content (AvgIpc) is 2.75. The van der Waals surface area contributed by atoms with Crippen molar-refractivity contribution >= 4 is 5.91 Å². The highest BCUT2D eigenvalue weighted by Gasteiger charge is 2.38. The van der Waals surface area contributed by atoms with Crippen molar-refractivity contribution in [2.45, 2.75) is 45.4 Å². The van der Waals surface area contributed by atoms with Crippen molar-refractivity contribution < 1.29 is 4.79 Å². The number of likely N-dealkylation sites (tertiary alicyclic amines) is 1. The third-order valence-corrected chi connectivity index (χ3v) is 5.30. The summed E-state index contributed by atoms with van der Waals surface area (Å²) in [7, 11) is 0. The van der Waals surface area contributed by atoms with Crippen LogP contribution in [-0.4, -0.2) is 37.0 Å². The number of carbonyl (C=O) groups excluding carboxylic acids is 1. The Morgan fingerprint density at radius 1 is 1.11 bits per heavy atom. The maximum atomic E-state index is 12.4. The van der Waals surface area contributed by atoms with E-state index in [1.807, 2.05) is 6.92 Å². The summed E-state index contributed by atoms with van der Waals surface area (Å²) in [5.41, 5.74) is 2.91. The van der Waals surface area contributed by atoms with Crippen molar-refractivity contribution in [3.63, 3.8) is 0 Å². The minimum absolute atomic E-state index is 0.291. The van der Waals surface area contributed by atoms with Crippen LogP contribution in [0.2, 0.25) is 0 Å². The molecule has 18 heavy (non-hydrogen) atoms. The van der Waals surface area contributed by atoms with E-state index in [0.29, 0.717) is 11.3 Å². The van der Waals surface area contributed by atoms with E-state index >= 15 is 0 Å². The summed E-state index contributed by atoms with van der Waals surface area (Å²) in [4.78, 5) is 14.5. The number of piperidine rings is 1. The largest absolute Gasteiger partial charge is 0.339 e. The van der Waals surface area contributed by atoms with Crippen LogP contribution in [-0.2, 0) is 4.79 Å². The van der Waals surface area contributed by atoms with Crippen LogP contribution in [0.3, 0.4) is 0 Å². The molecule has 100 valence electrons. The van der Waals surface area contributed by atoms with E-state index in [0.717, 1.165) is 31.8 Å². The second-order valence-electron chi connectivity index (χ2n) is 6.33. The van der Waals surface area contributed by atoms with Gasteiger partial charge in [-0.05, 0) is 43.6 Å². The topological polar surface area (TPSA) is 32.3 Å². The van der Waals surface area contributed by atoms with E-state index in [2.05, 4.69) is 10.2 Å². The van der Waals surface area contributed by atoms with Crippen molar-refractivity contribution in [2.24, 2.45) is 5.41 Å². The highest BCUT2D eigenvalue weighted by atomic mass is 16.2. The van der Waals surface area contributed by atoms with E-state index in [9.17, 15) is 4.79 Å². The zero-order valence-corrected chi connectivity index (χ0v) is 11.4. The third kappa shape index (κ3) is 2.09. The van der Waals surface area contributed by atoms with Gasteiger partial charge in [-0.3, -0.25) is 4.79 Å². The number of nitrogens with one attached hydrogen (secondary N) is 1. The summed E-state index contributed by atoms with van der Waals surface area (Å²) < 4.78 is 0. The Bertz CT molecular complexity index is 364. The van der Waals surface area contributed by atoms with E-state index in [-0.39, 0.29) is 0 Å². The van der Waals surface area contributed by atoms with Crippen molar-refractivity contribution in [1.82, 2.24) is 10.2 Å². The highest BCUT2D eigenvalue weighted by Crippen LogP contribution is 2.46. The van der Waals surface area contributed by atoms with Gasteiger partial charge < -0.3 is 10.2 Å². The Morgan fingerprint density at radius 3 is 2.22 bits per heavy atom. The fraction of sp³-hybridized carbons (Fsp3) is 0.800. The van der Waals surface area contributed by atoms with Crippen LogP contribution < -0.4 is 5.32 Å². The van der Waals surface area contributed by atoms with Gasteiger partial charge in [0.25, 0.3) is 0 Å². The predicted molar refractivity (Wildman–Crippen MR) is 72.3 cm³/mol. The molecule has 3 nitrogen and oxygen atoms in total. The Hall–Kier alpha value is -0.830. The summed E-state index contributed by atoms with van der Waals surface area (Å²) in [5, 5.41) is 3.21. The van der Waals surface area contributed by atoms with Crippen molar-refractivity contribution in [2.75, 3.05) is 26.2 Å². The molecule has 1 saturated carbocycles. The summed E-state index contributed by atoms with van der Waals surface area (Å²) >= 11 is 0.